The van der Waals surface area contributed by atoms with E-state index in [1.807, 2.05) is 0 Å². The van der Waals surface area contributed by atoms with Crippen LogP contribution in [0.4, 0.5) is 8.78 Å². The largest absolute Gasteiger partial charge is 0.330 e. The van der Waals surface area contributed by atoms with Gasteiger partial charge in [0.05, 0.1) is 0 Å². The van der Waals surface area contributed by atoms with Gasteiger partial charge in [-0.05, 0) is 25.3 Å². The first-order valence-electron chi connectivity index (χ1n) is 3.24. The van der Waals surface area contributed by atoms with Gasteiger partial charge in [0, 0.05) is 5.92 Å². The molecule has 1 aliphatic rings. The Morgan fingerprint density at radius 2 is 2.11 bits per heavy atom. The Balaban J connectivity index is 2.27. The summed E-state index contributed by atoms with van der Waals surface area (Å²) in [4.78, 5) is 0. The minimum Gasteiger partial charge on any atom is -0.330 e. The summed E-state index contributed by atoms with van der Waals surface area (Å²) in [5.41, 5.74) is 5.23. The summed E-state index contributed by atoms with van der Waals surface area (Å²) in [6.07, 6.45) is -0.585. The number of rotatable bonds is 2. The molecule has 0 saturated heterocycles. The molecule has 1 saturated carbocycles. The first-order valence-corrected chi connectivity index (χ1v) is 3.24. The molecule has 0 aromatic rings. The van der Waals surface area contributed by atoms with Crippen molar-refractivity contribution in [1.29, 1.82) is 0 Å². The van der Waals surface area contributed by atoms with Crippen LogP contribution in [-0.4, -0.2) is 13.0 Å². The molecule has 1 rings (SSSR count). The highest BCUT2D eigenvalue weighted by molar-refractivity contribution is 4.82. The van der Waals surface area contributed by atoms with Gasteiger partial charge in [-0.2, -0.15) is 0 Å². The van der Waals surface area contributed by atoms with Gasteiger partial charge in [-0.1, -0.05) is 0 Å². The monoisotopic (exact) mass is 135 g/mol. The van der Waals surface area contributed by atoms with Crippen molar-refractivity contribution >= 4 is 0 Å². The standard InChI is InChI=1S/C6H11F2N/c7-6(8)5-2-1-4(5)3-9/h4-6H,1-3,9H2/t4-,5+/m0/s1. The Morgan fingerprint density at radius 3 is 2.22 bits per heavy atom. The normalized spacial score (nSPS) is 34.7. The van der Waals surface area contributed by atoms with E-state index >= 15 is 0 Å². The Labute approximate surface area is 53.2 Å². The van der Waals surface area contributed by atoms with Crippen molar-refractivity contribution in [1.82, 2.24) is 0 Å². The zero-order valence-corrected chi connectivity index (χ0v) is 5.19. The molecule has 2 atom stereocenters. The summed E-state index contributed by atoms with van der Waals surface area (Å²) in [6.45, 7) is 0.426. The van der Waals surface area contributed by atoms with E-state index < -0.39 is 12.3 Å². The molecule has 1 aliphatic carbocycles. The zero-order chi connectivity index (χ0) is 6.85. The van der Waals surface area contributed by atoms with Crippen LogP contribution >= 0.6 is 0 Å². The minimum atomic E-state index is -2.15. The van der Waals surface area contributed by atoms with Crippen LogP contribution in [0.3, 0.4) is 0 Å². The van der Waals surface area contributed by atoms with Gasteiger partial charge in [0.2, 0.25) is 6.43 Å². The summed E-state index contributed by atoms with van der Waals surface area (Å²) < 4.78 is 23.7. The van der Waals surface area contributed by atoms with Crippen LogP contribution in [-0.2, 0) is 0 Å². The third kappa shape index (κ3) is 1.21. The van der Waals surface area contributed by atoms with E-state index in [1.165, 1.54) is 0 Å². The molecule has 1 fully saturated rings. The second-order valence-corrected chi connectivity index (χ2v) is 2.57. The molecule has 0 amide bonds. The van der Waals surface area contributed by atoms with Gasteiger partial charge in [0.25, 0.3) is 0 Å². The fourth-order valence-electron chi connectivity index (χ4n) is 1.22. The number of alkyl halides is 2. The molecule has 0 spiro atoms. The van der Waals surface area contributed by atoms with Crippen LogP contribution in [0.25, 0.3) is 0 Å². The van der Waals surface area contributed by atoms with E-state index in [0.29, 0.717) is 13.0 Å². The second-order valence-electron chi connectivity index (χ2n) is 2.57. The van der Waals surface area contributed by atoms with Gasteiger partial charge in [-0.3, -0.25) is 0 Å². The maximum atomic E-state index is 11.9. The predicted octanol–water partition coefficient (Wildman–Crippen LogP) is 1.24. The number of hydrogen-bond donors (Lipinski definition) is 1. The molecule has 0 radical (unpaired) electrons. The van der Waals surface area contributed by atoms with Gasteiger partial charge >= 0.3 is 0 Å². The topological polar surface area (TPSA) is 26.0 Å². The van der Waals surface area contributed by atoms with Crippen molar-refractivity contribution in [3.63, 3.8) is 0 Å². The molecule has 0 aromatic heterocycles. The molecule has 2 N–H and O–H groups in total. The van der Waals surface area contributed by atoms with Crippen molar-refractivity contribution < 1.29 is 8.78 Å². The van der Waals surface area contributed by atoms with E-state index in [2.05, 4.69) is 0 Å². The van der Waals surface area contributed by atoms with E-state index in [0.717, 1.165) is 6.42 Å². The van der Waals surface area contributed by atoms with Gasteiger partial charge in [0.1, 0.15) is 0 Å². The first kappa shape index (κ1) is 6.93. The SMILES string of the molecule is NC[C@@H]1CC[C@H]1C(F)F. The molecule has 0 aliphatic heterocycles. The molecule has 0 unspecified atom stereocenters. The first-order chi connectivity index (χ1) is 4.25. The quantitative estimate of drug-likeness (QED) is 0.605. The van der Waals surface area contributed by atoms with Crippen molar-refractivity contribution in [2.24, 2.45) is 17.6 Å². The summed E-state index contributed by atoms with van der Waals surface area (Å²) in [6, 6.07) is 0. The average Bonchev–Trinajstić information content (AvgIpc) is 1.61. The zero-order valence-electron chi connectivity index (χ0n) is 5.19. The van der Waals surface area contributed by atoms with Crippen molar-refractivity contribution in [3.05, 3.63) is 0 Å². The number of hydrogen-bond acceptors (Lipinski definition) is 1. The lowest BCUT2D eigenvalue weighted by Gasteiger charge is -2.34. The highest BCUT2D eigenvalue weighted by Crippen LogP contribution is 2.37. The van der Waals surface area contributed by atoms with Gasteiger partial charge in [-0.15, -0.1) is 0 Å². The highest BCUT2D eigenvalue weighted by atomic mass is 19.3. The van der Waals surface area contributed by atoms with Crippen molar-refractivity contribution in [2.45, 2.75) is 19.3 Å². The van der Waals surface area contributed by atoms with E-state index in [1.54, 1.807) is 0 Å². The molecule has 54 valence electrons. The summed E-state index contributed by atoms with van der Waals surface area (Å²) in [7, 11) is 0. The average molecular weight is 135 g/mol. The molecule has 3 heteroatoms. The third-order valence-electron chi connectivity index (χ3n) is 2.10. The molecule has 0 heterocycles. The number of nitrogens with two attached hydrogens (primary N) is 1. The number of halogens is 2. The van der Waals surface area contributed by atoms with Crippen LogP contribution in [0.1, 0.15) is 12.8 Å². The summed E-state index contributed by atoms with van der Waals surface area (Å²) in [5.74, 6) is -0.292. The van der Waals surface area contributed by atoms with Crippen LogP contribution in [0.2, 0.25) is 0 Å². The Bertz CT molecular complexity index is 93.1. The second kappa shape index (κ2) is 2.60. The predicted molar refractivity (Wildman–Crippen MR) is 31.3 cm³/mol. The molecular formula is C6H11F2N. The van der Waals surface area contributed by atoms with E-state index in [-0.39, 0.29) is 5.92 Å². The van der Waals surface area contributed by atoms with Crippen LogP contribution in [0, 0.1) is 11.8 Å². The van der Waals surface area contributed by atoms with Gasteiger partial charge in [0.15, 0.2) is 0 Å². The summed E-state index contributed by atoms with van der Waals surface area (Å²) >= 11 is 0. The maximum Gasteiger partial charge on any atom is 0.241 e. The fourth-order valence-corrected chi connectivity index (χ4v) is 1.22. The van der Waals surface area contributed by atoms with Gasteiger partial charge < -0.3 is 5.73 Å². The highest BCUT2D eigenvalue weighted by Gasteiger charge is 2.36. The molecule has 1 nitrogen and oxygen atoms in total. The smallest absolute Gasteiger partial charge is 0.241 e. The molecular weight excluding hydrogens is 124 g/mol. The third-order valence-corrected chi connectivity index (χ3v) is 2.10. The van der Waals surface area contributed by atoms with Crippen LogP contribution in [0.5, 0.6) is 0 Å². The lowest BCUT2D eigenvalue weighted by molar-refractivity contribution is -0.00809. The van der Waals surface area contributed by atoms with E-state index in [4.69, 9.17) is 5.73 Å². The van der Waals surface area contributed by atoms with Crippen LogP contribution in [0.15, 0.2) is 0 Å². The lowest BCUT2D eigenvalue weighted by atomic mass is 9.74. The fraction of sp³-hybridized carbons (Fsp3) is 1.00. The summed E-state index contributed by atoms with van der Waals surface area (Å²) in [5, 5.41) is 0. The Kier molecular flexibility index (Phi) is 2.01. The maximum absolute atomic E-state index is 11.9. The Hall–Kier alpha value is -0.180. The molecule has 9 heavy (non-hydrogen) atoms. The molecule has 0 aromatic carbocycles. The van der Waals surface area contributed by atoms with Crippen LogP contribution < -0.4 is 5.73 Å². The van der Waals surface area contributed by atoms with E-state index in [9.17, 15) is 8.78 Å². The Morgan fingerprint density at radius 1 is 1.44 bits per heavy atom. The minimum absolute atomic E-state index is 0.102. The van der Waals surface area contributed by atoms with Gasteiger partial charge in [-0.25, -0.2) is 8.78 Å². The van der Waals surface area contributed by atoms with Crippen molar-refractivity contribution in [2.75, 3.05) is 6.54 Å². The molecule has 0 bridgehead atoms. The lowest BCUT2D eigenvalue weighted by Crippen LogP contribution is -2.36. The van der Waals surface area contributed by atoms with Crippen molar-refractivity contribution in [3.8, 4) is 0 Å².